The number of carbonyl (C=O) groups excluding carboxylic acids is 1. The molecule has 146 valence electrons. The van der Waals surface area contributed by atoms with Gasteiger partial charge >= 0.3 is 0 Å². The number of fused-ring (bicyclic) bond motifs is 1. The molecule has 1 aliphatic heterocycles. The lowest BCUT2D eigenvalue weighted by molar-refractivity contribution is 0.0799. The van der Waals surface area contributed by atoms with Crippen molar-refractivity contribution in [3.05, 3.63) is 53.0 Å². The van der Waals surface area contributed by atoms with E-state index in [4.69, 9.17) is 16.0 Å². The van der Waals surface area contributed by atoms with Gasteiger partial charge in [-0.2, -0.15) is 0 Å². The molecule has 1 fully saturated rings. The van der Waals surface area contributed by atoms with E-state index >= 15 is 0 Å². The second-order valence-electron chi connectivity index (χ2n) is 7.05. The molecule has 0 radical (unpaired) electrons. The molecule has 4 rings (SSSR count). The van der Waals surface area contributed by atoms with Gasteiger partial charge in [0, 0.05) is 63.2 Å². The molecular weight excluding hydrogens is 381 g/mol. The van der Waals surface area contributed by atoms with Gasteiger partial charge in [0.1, 0.15) is 11.4 Å². The molecular formula is C21H21ClFN3O2. The first kappa shape index (κ1) is 18.8. The van der Waals surface area contributed by atoms with Crippen LogP contribution < -0.4 is 10.2 Å². The topological polar surface area (TPSA) is 48.7 Å². The molecule has 7 heteroatoms. The number of hydrogen-bond acceptors (Lipinski definition) is 4. The van der Waals surface area contributed by atoms with E-state index in [0.717, 1.165) is 37.4 Å². The van der Waals surface area contributed by atoms with Crippen molar-refractivity contribution in [1.82, 2.24) is 10.2 Å². The SMILES string of the molecule is CN(C)C(=O)c1cc2c(F)ccc(-c3ccc(N4CCNCC4)cc3Cl)c2o1. The van der Waals surface area contributed by atoms with Crippen molar-refractivity contribution in [2.24, 2.45) is 0 Å². The van der Waals surface area contributed by atoms with Gasteiger partial charge in [-0.25, -0.2) is 4.39 Å². The Labute approximate surface area is 167 Å². The van der Waals surface area contributed by atoms with Crippen LogP contribution in [0.5, 0.6) is 0 Å². The molecule has 1 aliphatic rings. The van der Waals surface area contributed by atoms with Crippen LogP contribution in [0.1, 0.15) is 10.6 Å². The van der Waals surface area contributed by atoms with Crippen LogP contribution in [0.2, 0.25) is 5.02 Å². The lowest BCUT2D eigenvalue weighted by Crippen LogP contribution is -2.43. The van der Waals surface area contributed by atoms with Crippen molar-refractivity contribution in [2.75, 3.05) is 45.2 Å². The minimum atomic E-state index is -0.436. The van der Waals surface area contributed by atoms with Crippen LogP contribution in [0.3, 0.4) is 0 Å². The van der Waals surface area contributed by atoms with Gasteiger partial charge in [0.2, 0.25) is 0 Å². The molecule has 0 spiro atoms. The third-order valence-corrected chi connectivity index (χ3v) is 5.28. The summed E-state index contributed by atoms with van der Waals surface area (Å²) in [6.45, 7) is 3.72. The monoisotopic (exact) mass is 401 g/mol. The van der Waals surface area contributed by atoms with Crippen molar-refractivity contribution in [2.45, 2.75) is 0 Å². The fourth-order valence-corrected chi connectivity index (χ4v) is 3.75. The van der Waals surface area contributed by atoms with E-state index in [0.29, 0.717) is 16.2 Å². The predicted octanol–water partition coefficient (Wildman–Crippen LogP) is 4.00. The Kier molecular flexibility index (Phi) is 5.00. The van der Waals surface area contributed by atoms with E-state index < -0.39 is 5.82 Å². The van der Waals surface area contributed by atoms with Gasteiger partial charge < -0.3 is 19.5 Å². The maximum atomic E-state index is 14.3. The van der Waals surface area contributed by atoms with Gasteiger partial charge in [-0.05, 0) is 24.3 Å². The Morgan fingerprint density at radius 2 is 1.86 bits per heavy atom. The number of carbonyl (C=O) groups is 1. The van der Waals surface area contributed by atoms with Gasteiger partial charge in [-0.3, -0.25) is 4.79 Å². The van der Waals surface area contributed by atoms with Crippen molar-refractivity contribution in [1.29, 1.82) is 0 Å². The molecule has 2 heterocycles. The Bertz CT molecular complexity index is 1040. The van der Waals surface area contributed by atoms with Crippen LogP contribution in [0.15, 0.2) is 40.8 Å². The summed E-state index contributed by atoms with van der Waals surface area (Å²) in [6, 6.07) is 10.3. The Morgan fingerprint density at radius 3 is 2.54 bits per heavy atom. The summed E-state index contributed by atoms with van der Waals surface area (Å²) in [5.74, 6) is -0.657. The summed E-state index contributed by atoms with van der Waals surface area (Å²) in [6.07, 6.45) is 0. The molecule has 1 aromatic heterocycles. The minimum Gasteiger partial charge on any atom is -0.450 e. The molecule has 1 amide bonds. The van der Waals surface area contributed by atoms with Crippen molar-refractivity contribution in [3.8, 4) is 11.1 Å². The summed E-state index contributed by atoms with van der Waals surface area (Å²) in [4.78, 5) is 15.9. The normalized spacial score (nSPS) is 14.5. The number of benzene rings is 2. The third kappa shape index (κ3) is 3.34. The second-order valence-corrected chi connectivity index (χ2v) is 7.46. The van der Waals surface area contributed by atoms with Crippen LogP contribution in [-0.2, 0) is 0 Å². The van der Waals surface area contributed by atoms with Gasteiger partial charge in [-0.15, -0.1) is 0 Å². The Morgan fingerprint density at radius 1 is 1.14 bits per heavy atom. The van der Waals surface area contributed by atoms with Crippen molar-refractivity contribution >= 4 is 34.2 Å². The highest BCUT2D eigenvalue weighted by atomic mass is 35.5. The highest BCUT2D eigenvalue weighted by Gasteiger charge is 2.20. The van der Waals surface area contributed by atoms with Gasteiger partial charge in [0.25, 0.3) is 5.91 Å². The first-order chi connectivity index (χ1) is 13.5. The second kappa shape index (κ2) is 7.45. The zero-order valence-electron chi connectivity index (χ0n) is 15.8. The average molecular weight is 402 g/mol. The summed E-state index contributed by atoms with van der Waals surface area (Å²) < 4.78 is 20.1. The van der Waals surface area contributed by atoms with E-state index in [1.54, 1.807) is 20.2 Å². The fraction of sp³-hybridized carbons (Fsp3) is 0.286. The van der Waals surface area contributed by atoms with Crippen LogP contribution in [0, 0.1) is 5.82 Å². The molecule has 5 nitrogen and oxygen atoms in total. The summed E-state index contributed by atoms with van der Waals surface area (Å²) >= 11 is 6.59. The first-order valence-electron chi connectivity index (χ1n) is 9.15. The number of anilines is 1. The van der Waals surface area contributed by atoms with Gasteiger partial charge in [0.05, 0.1) is 10.4 Å². The number of amides is 1. The molecule has 1 N–H and O–H groups in total. The lowest BCUT2D eigenvalue weighted by Gasteiger charge is -2.29. The largest absolute Gasteiger partial charge is 0.450 e. The molecule has 0 atom stereocenters. The quantitative estimate of drug-likeness (QED) is 0.720. The third-order valence-electron chi connectivity index (χ3n) is 4.97. The van der Waals surface area contributed by atoms with Crippen molar-refractivity contribution < 1.29 is 13.6 Å². The number of furan rings is 1. The maximum Gasteiger partial charge on any atom is 0.289 e. The summed E-state index contributed by atoms with van der Waals surface area (Å²) in [7, 11) is 3.25. The molecule has 0 bridgehead atoms. The molecule has 3 aromatic rings. The molecule has 0 unspecified atom stereocenters. The lowest BCUT2D eigenvalue weighted by atomic mass is 10.0. The van der Waals surface area contributed by atoms with E-state index in [-0.39, 0.29) is 17.1 Å². The number of hydrogen-bond donors (Lipinski definition) is 1. The number of nitrogens with one attached hydrogen (secondary N) is 1. The van der Waals surface area contributed by atoms with Crippen LogP contribution in [0.4, 0.5) is 10.1 Å². The molecule has 2 aromatic carbocycles. The number of piperazine rings is 1. The van der Waals surface area contributed by atoms with E-state index in [1.165, 1.54) is 17.0 Å². The highest BCUT2D eigenvalue weighted by Crippen LogP contribution is 2.38. The average Bonchev–Trinajstić information content (AvgIpc) is 3.15. The maximum absolute atomic E-state index is 14.3. The van der Waals surface area contributed by atoms with Crippen LogP contribution >= 0.6 is 11.6 Å². The Hall–Kier alpha value is -2.57. The fourth-order valence-electron chi connectivity index (χ4n) is 3.47. The zero-order chi connectivity index (χ0) is 19.8. The van der Waals surface area contributed by atoms with Crippen molar-refractivity contribution in [3.63, 3.8) is 0 Å². The molecule has 0 aliphatic carbocycles. The standard InChI is InChI=1S/C21H21ClFN3O2/c1-25(2)21(27)19-12-16-18(23)6-5-15(20(16)28-19)14-4-3-13(11-17(14)22)26-9-7-24-8-10-26/h3-6,11-12,24H,7-10H2,1-2H3. The highest BCUT2D eigenvalue weighted by molar-refractivity contribution is 6.34. The molecule has 0 saturated carbocycles. The van der Waals surface area contributed by atoms with Gasteiger partial charge in [0.15, 0.2) is 5.76 Å². The van der Waals surface area contributed by atoms with Crippen LogP contribution in [-0.4, -0.2) is 51.1 Å². The predicted molar refractivity (Wildman–Crippen MR) is 110 cm³/mol. The zero-order valence-corrected chi connectivity index (χ0v) is 16.5. The minimum absolute atomic E-state index is 0.0971. The Balaban J connectivity index is 1.78. The smallest absolute Gasteiger partial charge is 0.289 e. The number of nitrogens with zero attached hydrogens (tertiary/aromatic N) is 2. The molecule has 1 saturated heterocycles. The van der Waals surface area contributed by atoms with E-state index in [1.807, 2.05) is 18.2 Å². The summed E-state index contributed by atoms with van der Waals surface area (Å²) in [5.41, 5.74) is 2.77. The number of halogens is 2. The first-order valence-corrected chi connectivity index (χ1v) is 9.53. The summed E-state index contributed by atoms with van der Waals surface area (Å²) in [5, 5.41) is 4.15. The van der Waals surface area contributed by atoms with E-state index in [9.17, 15) is 9.18 Å². The molecule has 28 heavy (non-hydrogen) atoms. The van der Waals surface area contributed by atoms with Gasteiger partial charge in [-0.1, -0.05) is 17.7 Å². The van der Waals surface area contributed by atoms with E-state index in [2.05, 4.69) is 10.2 Å². The van der Waals surface area contributed by atoms with Crippen LogP contribution in [0.25, 0.3) is 22.1 Å². The number of rotatable bonds is 3.